The molecule has 0 saturated carbocycles. The van der Waals surface area contributed by atoms with Crippen LogP contribution in [-0.4, -0.2) is 55.7 Å². The van der Waals surface area contributed by atoms with Crippen LogP contribution in [0.5, 0.6) is 11.5 Å². The van der Waals surface area contributed by atoms with Crippen LogP contribution < -0.4 is 14.8 Å². The smallest absolute Gasteiger partial charge is 0.149 e. The number of methoxy groups -OCH3 is 1. The number of fused-ring (bicyclic) bond motifs is 1. The van der Waals surface area contributed by atoms with Gasteiger partial charge in [-0.25, -0.2) is 27.8 Å². The van der Waals surface area contributed by atoms with Crippen LogP contribution >= 0.6 is 22.9 Å². The third kappa shape index (κ3) is 8.41. The molecule has 0 aliphatic rings. The zero-order valence-corrected chi connectivity index (χ0v) is 26.4. The minimum Gasteiger partial charge on any atom is -0.496 e. The van der Waals surface area contributed by atoms with Crippen LogP contribution in [0, 0.1) is 5.82 Å². The van der Waals surface area contributed by atoms with E-state index in [-0.39, 0.29) is 24.8 Å². The Morgan fingerprint density at radius 3 is 2.68 bits per heavy atom. The lowest BCUT2D eigenvalue weighted by Crippen LogP contribution is -2.10. The lowest BCUT2D eigenvalue weighted by atomic mass is 10.1. The largest absolute Gasteiger partial charge is 0.496 e. The maximum absolute atomic E-state index is 13.5. The Kier molecular flexibility index (Phi) is 10.3. The van der Waals surface area contributed by atoms with Gasteiger partial charge in [0.1, 0.15) is 45.9 Å². The van der Waals surface area contributed by atoms with Crippen molar-refractivity contribution >= 4 is 55.2 Å². The van der Waals surface area contributed by atoms with E-state index < -0.39 is 9.84 Å². The second-order valence-corrected chi connectivity index (χ2v) is 13.6. The van der Waals surface area contributed by atoms with Gasteiger partial charge < -0.3 is 19.5 Å². The van der Waals surface area contributed by atoms with Gasteiger partial charge in [-0.05, 0) is 48.4 Å². The van der Waals surface area contributed by atoms with Crippen molar-refractivity contribution in [2.45, 2.75) is 19.4 Å². The van der Waals surface area contributed by atoms with E-state index in [4.69, 9.17) is 30.8 Å². The van der Waals surface area contributed by atoms with Gasteiger partial charge in [0.15, 0.2) is 0 Å². The number of aryl methyl sites for hydroxylation is 1. The second-order valence-electron chi connectivity index (χ2n) is 9.95. The molecule has 0 radical (unpaired) electrons. The Hall–Kier alpha value is -3.84. The van der Waals surface area contributed by atoms with Gasteiger partial charge in [0.05, 0.1) is 40.7 Å². The predicted molar refractivity (Wildman–Crippen MR) is 172 cm³/mol. The maximum Gasteiger partial charge on any atom is 0.149 e. The highest BCUT2D eigenvalue weighted by Gasteiger charge is 2.16. The summed E-state index contributed by atoms with van der Waals surface area (Å²) in [6.07, 6.45) is 4.10. The third-order valence-electron chi connectivity index (χ3n) is 6.54. The first-order chi connectivity index (χ1) is 21.2. The van der Waals surface area contributed by atoms with Crippen LogP contribution in [0.1, 0.15) is 17.0 Å². The van der Waals surface area contributed by atoms with E-state index in [1.165, 1.54) is 36.1 Å². The van der Waals surface area contributed by atoms with Crippen LogP contribution in [0.15, 0.2) is 66.3 Å². The summed E-state index contributed by atoms with van der Waals surface area (Å²) < 4.78 is 52.9. The summed E-state index contributed by atoms with van der Waals surface area (Å²) in [6, 6.07) is 15.3. The average Bonchev–Trinajstić information content (AvgIpc) is 3.46. The van der Waals surface area contributed by atoms with Gasteiger partial charge in [0.2, 0.25) is 0 Å². The van der Waals surface area contributed by atoms with E-state index in [2.05, 4.69) is 15.3 Å². The number of rotatable bonds is 14. The molecule has 0 unspecified atom stereocenters. The normalized spacial score (nSPS) is 11.5. The van der Waals surface area contributed by atoms with E-state index in [0.29, 0.717) is 52.1 Å². The monoisotopic (exact) mass is 656 g/mol. The molecule has 2 heterocycles. The van der Waals surface area contributed by atoms with Gasteiger partial charge in [-0.2, -0.15) is 0 Å². The Balaban J connectivity index is 1.29. The predicted octanol–water partition coefficient (Wildman–Crippen LogP) is 6.87. The molecule has 0 atom stereocenters. The number of sulfone groups is 1. The standard InChI is InChI=1S/C31H30ClFN4O5S2/c1-40-29-16-26-24(15-23(29)27-18-43-30(37-27)7-4-10-41-11-12-44(2,38)39)31(35-19-34-26)36-22-8-9-28(25(32)14-22)42-17-20-5-3-6-21(33)13-20/h3,5-6,8-9,13-16,18-19H,4,7,10-12,17H2,1-2H3,(H,34,35,36). The Morgan fingerprint density at radius 1 is 1.05 bits per heavy atom. The van der Waals surface area contributed by atoms with E-state index in [9.17, 15) is 12.8 Å². The van der Waals surface area contributed by atoms with Gasteiger partial charge in [-0.3, -0.25) is 0 Å². The molecule has 0 fully saturated rings. The van der Waals surface area contributed by atoms with Crippen molar-refractivity contribution < 1.29 is 27.0 Å². The topological polar surface area (TPSA) is 113 Å². The molecular weight excluding hydrogens is 627 g/mol. The number of nitrogens with one attached hydrogen (secondary N) is 1. The Morgan fingerprint density at radius 2 is 1.91 bits per heavy atom. The summed E-state index contributed by atoms with van der Waals surface area (Å²) in [4.78, 5) is 13.7. The molecule has 0 aliphatic heterocycles. The van der Waals surface area contributed by atoms with Gasteiger partial charge in [0.25, 0.3) is 0 Å². The van der Waals surface area contributed by atoms with Crippen molar-refractivity contribution in [3.05, 3.63) is 87.7 Å². The number of ether oxygens (including phenoxy) is 3. The summed E-state index contributed by atoms with van der Waals surface area (Å²) in [5.41, 5.74) is 3.64. The molecule has 0 amide bonds. The molecule has 0 spiro atoms. The molecule has 1 N–H and O–H groups in total. The molecule has 0 saturated heterocycles. The van der Waals surface area contributed by atoms with E-state index in [0.717, 1.165) is 28.1 Å². The molecular formula is C31H30ClFN4O5S2. The highest BCUT2D eigenvalue weighted by Crippen LogP contribution is 2.37. The van der Waals surface area contributed by atoms with Crippen LogP contribution in [0.2, 0.25) is 5.02 Å². The number of thiazole rings is 1. The van der Waals surface area contributed by atoms with Gasteiger partial charge >= 0.3 is 0 Å². The molecule has 44 heavy (non-hydrogen) atoms. The lowest BCUT2D eigenvalue weighted by molar-refractivity contribution is 0.146. The maximum atomic E-state index is 13.5. The van der Waals surface area contributed by atoms with Gasteiger partial charge in [-0.15, -0.1) is 11.3 Å². The lowest BCUT2D eigenvalue weighted by Gasteiger charge is -2.13. The van der Waals surface area contributed by atoms with Crippen LogP contribution in [-0.2, 0) is 27.6 Å². The number of benzene rings is 3. The molecule has 3 aromatic carbocycles. The molecule has 2 aromatic heterocycles. The average molecular weight is 657 g/mol. The summed E-state index contributed by atoms with van der Waals surface area (Å²) in [5.74, 6) is 1.37. The number of halogens is 2. The number of anilines is 2. The van der Waals surface area contributed by atoms with Crippen molar-refractivity contribution in [2.75, 3.05) is 37.6 Å². The molecule has 0 bridgehead atoms. The summed E-state index contributed by atoms with van der Waals surface area (Å²) in [5, 5.41) is 7.39. The van der Waals surface area contributed by atoms with Crippen molar-refractivity contribution in [3.8, 4) is 22.8 Å². The van der Waals surface area contributed by atoms with E-state index in [1.807, 2.05) is 23.6 Å². The SMILES string of the molecule is COc1cc2ncnc(Nc3ccc(OCc4cccc(F)c4)c(Cl)c3)c2cc1-c1csc(CCCOCCS(C)(=O)=O)n1. The Bertz CT molecular complexity index is 1870. The molecule has 9 nitrogen and oxygen atoms in total. The first-order valence-corrected chi connectivity index (χ1v) is 17.0. The zero-order chi connectivity index (χ0) is 31.1. The van der Waals surface area contributed by atoms with Crippen LogP contribution in [0.25, 0.3) is 22.2 Å². The number of hydrogen-bond donors (Lipinski definition) is 1. The molecule has 5 aromatic rings. The fourth-order valence-corrected chi connectivity index (χ4v) is 5.86. The van der Waals surface area contributed by atoms with Gasteiger partial charge in [-0.1, -0.05) is 23.7 Å². The first kappa shape index (κ1) is 31.6. The molecule has 0 aliphatic carbocycles. The summed E-state index contributed by atoms with van der Waals surface area (Å²) >= 11 is 8.05. The summed E-state index contributed by atoms with van der Waals surface area (Å²) in [6.45, 7) is 0.832. The number of hydrogen-bond acceptors (Lipinski definition) is 10. The van der Waals surface area contributed by atoms with Gasteiger partial charge in [0, 0.05) is 47.4 Å². The van der Waals surface area contributed by atoms with Crippen molar-refractivity contribution in [2.24, 2.45) is 0 Å². The van der Waals surface area contributed by atoms with E-state index >= 15 is 0 Å². The molecule has 230 valence electrons. The second kappa shape index (κ2) is 14.3. The van der Waals surface area contributed by atoms with Crippen LogP contribution in [0.3, 0.4) is 0 Å². The fraction of sp³-hybridized carbons (Fsp3) is 0.258. The molecule has 13 heteroatoms. The summed E-state index contributed by atoms with van der Waals surface area (Å²) in [7, 11) is -1.43. The van der Waals surface area contributed by atoms with Crippen LogP contribution in [0.4, 0.5) is 15.9 Å². The Labute approximate surface area is 263 Å². The third-order valence-corrected chi connectivity index (χ3v) is 8.65. The quantitative estimate of drug-likeness (QED) is 0.128. The van der Waals surface area contributed by atoms with Crippen molar-refractivity contribution in [3.63, 3.8) is 0 Å². The number of aromatic nitrogens is 3. The van der Waals surface area contributed by atoms with E-state index in [1.54, 1.807) is 31.4 Å². The first-order valence-electron chi connectivity index (χ1n) is 13.7. The minimum atomic E-state index is -3.03. The van der Waals surface area contributed by atoms with Crippen molar-refractivity contribution in [1.29, 1.82) is 0 Å². The highest BCUT2D eigenvalue weighted by molar-refractivity contribution is 7.90. The zero-order valence-electron chi connectivity index (χ0n) is 24.0. The van der Waals surface area contributed by atoms with Crippen molar-refractivity contribution in [1.82, 2.24) is 15.0 Å². The fourth-order valence-electron chi connectivity index (χ4n) is 4.36. The highest BCUT2D eigenvalue weighted by atomic mass is 35.5. The number of nitrogens with zero attached hydrogens (tertiary/aromatic N) is 3. The molecule has 5 rings (SSSR count). The minimum absolute atomic E-state index is 0.0154.